The van der Waals surface area contributed by atoms with Gasteiger partial charge in [-0.25, -0.2) is 0 Å². The van der Waals surface area contributed by atoms with Gasteiger partial charge in [0.2, 0.25) is 5.91 Å². The number of carboxylic acid groups (broad SMARTS) is 1. The van der Waals surface area contributed by atoms with Crippen molar-refractivity contribution in [3.8, 4) is 0 Å². The van der Waals surface area contributed by atoms with Crippen LogP contribution < -0.4 is 11.1 Å². The van der Waals surface area contributed by atoms with E-state index < -0.39 is 12.0 Å². The van der Waals surface area contributed by atoms with Crippen LogP contribution >= 0.6 is 0 Å². The zero-order valence-electron chi connectivity index (χ0n) is 11.3. The minimum absolute atomic E-state index is 0.0837. The van der Waals surface area contributed by atoms with Gasteiger partial charge in [0, 0.05) is 12.0 Å². The molecule has 0 radical (unpaired) electrons. The van der Waals surface area contributed by atoms with Gasteiger partial charge in [-0.2, -0.15) is 0 Å². The maximum absolute atomic E-state index is 12.2. The highest BCUT2D eigenvalue weighted by Crippen LogP contribution is 2.26. The Labute approximate surface area is 118 Å². The van der Waals surface area contributed by atoms with Gasteiger partial charge in [-0.15, -0.1) is 0 Å². The van der Waals surface area contributed by atoms with Crippen LogP contribution in [0.3, 0.4) is 0 Å². The van der Waals surface area contributed by atoms with E-state index >= 15 is 0 Å². The van der Waals surface area contributed by atoms with Crippen molar-refractivity contribution in [3.63, 3.8) is 0 Å². The van der Waals surface area contributed by atoms with Crippen molar-refractivity contribution in [2.75, 3.05) is 0 Å². The molecule has 1 aromatic rings. The van der Waals surface area contributed by atoms with Crippen LogP contribution in [0.2, 0.25) is 0 Å². The van der Waals surface area contributed by atoms with Gasteiger partial charge in [0.15, 0.2) is 0 Å². The number of hydrogen-bond acceptors (Lipinski definition) is 3. The standard InChI is InChI=1S/C15H20N2O3/c16-12-7-6-11(8-12)15(20)17-13(9-14(18)19)10-4-2-1-3-5-10/h1-5,11-13H,6-9,16H2,(H,17,20)(H,18,19). The molecular formula is C15H20N2O3. The Morgan fingerprint density at radius 1 is 1.30 bits per heavy atom. The first-order valence-electron chi connectivity index (χ1n) is 6.89. The summed E-state index contributed by atoms with van der Waals surface area (Å²) in [6, 6.07) is 8.78. The van der Waals surface area contributed by atoms with Crippen molar-refractivity contribution in [2.45, 2.75) is 37.8 Å². The van der Waals surface area contributed by atoms with Crippen molar-refractivity contribution >= 4 is 11.9 Å². The maximum Gasteiger partial charge on any atom is 0.305 e. The van der Waals surface area contributed by atoms with Crippen molar-refractivity contribution in [3.05, 3.63) is 35.9 Å². The summed E-state index contributed by atoms with van der Waals surface area (Å²) in [4.78, 5) is 23.2. The molecule has 1 aliphatic carbocycles. The van der Waals surface area contributed by atoms with Crippen LogP contribution in [-0.4, -0.2) is 23.0 Å². The molecule has 2 rings (SSSR count). The first kappa shape index (κ1) is 14.5. The number of carboxylic acids is 1. The smallest absolute Gasteiger partial charge is 0.305 e. The van der Waals surface area contributed by atoms with E-state index in [2.05, 4.69) is 5.32 Å². The van der Waals surface area contributed by atoms with E-state index in [1.165, 1.54) is 0 Å². The summed E-state index contributed by atoms with van der Waals surface area (Å²) in [6.07, 6.45) is 2.20. The lowest BCUT2D eigenvalue weighted by atomic mass is 10.0. The summed E-state index contributed by atoms with van der Waals surface area (Å²) >= 11 is 0. The Kier molecular flexibility index (Phi) is 4.74. The molecule has 3 atom stereocenters. The van der Waals surface area contributed by atoms with E-state index in [1.807, 2.05) is 30.3 Å². The monoisotopic (exact) mass is 276 g/mol. The number of carbonyl (C=O) groups is 2. The summed E-state index contributed by atoms with van der Waals surface area (Å²) in [7, 11) is 0. The van der Waals surface area contributed by atoms with Crippen LogP contribution in [0.4, 0.5) is 0 Å². The number of rotatable bonds is 5. The first-order chi connectivity index (χ1) is 9.56. The van der Waals surface area contributed by atoms with E-state index in [0.717, 1.165) is 18.4 Å². The van der Waals surface area contributed by atoms with E-state index in [-0.39, 0.29) is 24.3 Å². The minimum Gasteiger partial charge on any atom is -0.481 e. The van der Waals surface area contributed by atoms with Crippen molar-refractivity contribution < 1.29 is 14.7 Å². The van der Waals surface area contributed by atoms with Gasteiger partial charge in [0.25, 0.3) is 0 Å². The number of nitrogens with one attached hydrogen (secondary N) is 1. The predicted octanol–water partition coefficient (Wildman–Crippen LogP) is 1.45. The number of aliphatic carboxylic acids is 1. The molecule has 0 heterocycles. The molecule has 1 fully saturated rings. The van der Waals surface area contributed by atoms with Gasteiger partial charge in [0.1, 0.15) is 0 Å². The number of carbonyl (C=O) groups excluding carboxylic acids is 1. The SMILES string of the molecule is NC1CCC(C(=O)NC(CC(=O)O)c2ccccc2)C1. The summed E-state index contributed by atoms with van der Waals surface area (Å²) < 4.78 is 0. The van der Waals surface area contributed by atoms with Crippen LogP contribution in [0, 0.1) is 5.92 Å². The van der Waals surface area contributed by atoms with Gasteiger partial charge in [-0.05, 0) is 24.8 Å². The summed E-state index contributed by atoms with van der Waals surface area (Å²) in [5, 5.41) is 11.8. The molecule has 0 spiro atoms. The Hall–Kier alpha value is -1.88. The van der Waals surface area contributed by atoms with Crippen molar-refractivity contribution in [1.29, 1.82) is 0 Å². The molecule has 0 aliphatic heterocycles. The average Bonchev–Trinajstić information content (AvgIpc) is 2.85. The fraction of sp³-hybridized carbons (Fsp3) is 0.467. The molecule has 0 aromatic heterocycles. The third-order valence-electron chi connectivity index (χ3n) is 3.74. The van der Waals surface area contributed by atoms with Gasteiger partial charge >= 0.3 is 5.97 Å². The van der Waals surface area contributed by atoms with Gasteiger partial charge in [-0.1, -0.05) is 30.3 Å². The van der Waals surface area contributed by atoms with Crippen molar-refractivity contribution in [1.82, 2.24) is 5.32 Å². The van der Waals surface area contributed by atoms with E-state index in [0.29, 0.717) is 6.42 Å². The van der Waals surface area contributed by atoms with E-state index in [1.54, 1.807) is 0 Å². The fourth-order valence-corrected chi connectivity index (χ4v) is 2.66. The molecule has 4 N–H and O–H groups in total. The van der Waals surface area contributed by atoms with Gasteiger partial charge in [-0.3, -0.25) is 9.59 Å². The highest BCUT2D eigenvalue weighted by Gasteiger charge is 2.29. The third-order valence-corrected chi connectivity index (χ3v) is 3.74. The summed E-state index contributed by atoms with van der Waals surface area (Å²) in [6.45, 7) is 0. The minimum atomic E-state index is -0.928. The lowest BCUT2D eigenvalue weighted by Crippen LogP contribution is -2.34. The second kappa shape index (κ2) is 6.52. The summed E-state index contributed by atoms with van der Waals surface area (Å²) in [5.41, 5.74) is 6.62. The Balaban J connectivity index is 2.04. The second-order valence-corrected chi connectivity index (χ2v) is 5.34. The number of hydrogen-bond donors (Lipinski definition) is 3. The van der Waals surface area contributed by atoms with Crippen LogP contribution in [0.5, 0.6) is 0 Å². The Bertz CT molecular complexity index is 475. The molecule has 1 amide bonds. The third kappa shape index (κ3) is 3.81. The largest absolute Gasteiger partial charge is 0.481 e. The Morgan fingerprint density at radius 3 is 2.55 bits per heavy atom. The zero-order chi connectivity index (χ0) is 14.5. The molecule has 108 valence electrons. The van der Waals surface area contributed by atoms with Crippen molar-refractivity contribution in [2.24, 2.45) is 11.7 Å². The topological polar surface area (TPSA) is 92.4 Å². The molecule has 3 unspecified atom stereocenters. The Morgan fingerprint density at radius 2 is 2.00 bits per heavy atom. The molecule has 1 saturated carbocycles. The fourth-order valence-electron chi connectivity index (χ4n) is 2.66. The first-order valence-corrected chi connectivity index (χ1v) is 6.89. The van der Waals surface area contributed by atoms with Gasteiger partial charge < -0.3 is 16.2 Å². The van der Waals surface area contributed by atoms with Crippen LogP contribution in [0.1, 0.15) is 37.3 Å². The molecule has 1 aliphatic rings. The van der Waals surface area contributed by atoms with Crippen LogP contribution in [-0.2, 0) is 9.59 Å². The molecule has 5 heteroatoms. The summed E-state index contributed by atoms with van der Waals surface area (Å²) in [5.74, 6) is -1.11. The predicted molar refractivity (Wildman–Crippen MR) is 74.9 cm³/mol. The molecule has 0 bridgehead atoms. The highest BCUT2D eigenvalue weighted by molar-refractivity contribution is 5.80. The van der Waals surface area contributed by atoms with Crippen LogP contribution in [0.15, 0.2) is 30.3 Å². The molecule has 1 aromatic carbocycles. The maximum atomic E-state index is 12.2. The van der Waals surface area contributed by atoms with Gasteiger partial charge in [0.05, 0.1) is 12.5 Å². The van der Waals surface area contributed by atoms with Crippen LogP contribution in [0.25, 0.3) is 0 Å². The second-order valence-electron chi connectivity index (χ2n) is 5.34. The molecular weight excluding hydrogens is 256 g/mol. The number of benzene rings is 1. The highest BCUT2D eigenvalue weighted by atomic mass is 16.4. The number of nitrogens with two attached hydrogens (primary N) is 1. The normalized spacial score (nSPS) is 23.2. The lowest BCUT2D eigenvalue weighted by Gasteiger charge is -2.20. The number of amides is 1. The van der Waals surface area contributed by atoms with E-state index in [4.69, 9.17) is 10.8 Å². The molecule has 5 nitrogen and oxygen atoms in total. The zero-order valence-corrected chi connectivity index (χ0v) is 11.3. The lowest BCUT2D eigenvalue weighted by molar-refractivity contribution is -0.138. The quantitative estimate of drug-likeness (QED) is 0.759. The molecule has 20 heavy (non-hydrogen) atoms. The molecule has 0 saturated heterocycles. The van der Waals surface area contributed by atoms with E-state index in [9.17, 15) is 9.59 Å². The average molecular weight is 276 g/mol.